The molecule has 0 aromatic heterocycles. The van der Waals surface area contributed by atoms with Crippen molar-refractivity contribution < 1.29 is 13.2 Å². The standard InChI is InChI=1S/C12H20N2O3S/c1-2-10-17-11-4-6-12(7-5-11)18(15,16)14-9-3-8-13/h4-7,14H,2-3,8-10,13H2,1H3. The summed E-state index contributed by atoms with van der Waals surface area (Å²) in [4.78, 5) is 0.239. The molecule has 0 heterocycles. The average molecular weight is 272 g/mol. The average Bonchev–Trinajstić information content (AvgIpc) is 2.37. The van der Waals surface area contributed by atoms with Crippen molar-refractivity contribution in [2.45, 2.75) is 24.7 Å². The highest BCUT2D eigenvalue weighted by Gasteiger charge is 2.12. The van der Waals surface area contributed by atoms with Crippen LogP contribution >= 0.6 is 0 Å². The Hall–Kier alpha value is -1.11. The quantitative estimate of drug-likeness (QED) is 0.694. The molecule has 0 fully saturated rings. The van der Waals surface area contributed by atoms with Gasteiger partial charge in [0.1, 0.15) is 5.75 Å². The van der Waals surface area contributed by atoms with Crippen LogP contribution in [-0.4, -0.2) is 28.1 Å². The molecule has 1 rings (SSSR count). The molecule has 0 spiro atoms. The van der Waals surface area contributed by atoms with E-state index in [1.165, 1.54) is 12.1 Å². The molecule has 18 heavy (non-hydrogen) atoms. The summed E-state index contributed by atoms with van der Waals surface area (Å²) in [5.41, 5.74) is 5.31. The van der Waals surface area contributed by atoms with Crippen LogP contribution in [0.5, 0.6) is 5.75 Å². The van der Waals surface area contributed by atoms with E-state index in [0.717, 1.165) is 6.42 Å². The number of ether oxygens (including phenoxy) is 1. The summed E-state index contributed by atoms with van der Waals surface area (Å²) in [6, 6.07) is 6.39. The molecule has 102 valence electrons. The minimum Gasteiger partial charge on any atom is -0.494 e. The first-order valence-corrected chi connectivity index (χ1v) is 7.51. The Balaban J connectivity index is 2.65. The van der Waals surface area contributed by atoms with Gasteiger partial charge in [0, 0.05) is 6.54 Å². The summed E-state index contributed by atoms with van der Waals surface area (Å²) in [7, 11) is -3.43. The lowest BCUT2D eigenvalue weighted by Gasteiger charge is -2.08. The predicted molar refractivity (Wildman–Crippen MR) is 71.1 cm³/mol. The summed E-state index contributed by atoms with van der Waals surface area (Å²) in [5.74, 6) is 0.678. The Morgan fingerprint density at radius 2 is 1.94 bits per heavy atom. The highest BCUT2D eigenvalue weighted by Crippen LogP contribution is 2.15. The molecule has 0 saturated carbocycles. The van der Waals surface area contributed by atoms with Gasteiger partial charge in [0.15, 0.2) is 0 Å². The second-order valence-corrected chi connectivity index (χ2v) is 5.63. The molecule has 0 aliphatic rings. The monoisotopic (exact) mass is 272 g/mol. The second kappa shape index (κ2) is 7.35. The molecular weight excluding hydrogens is 252 g/mol. The predicted octanol–water partition coefficient (Wildman–Crippen LogP) is 1.10. The van der Waals surface area contributed by atoms with Gasteiger partial charge in [-0.2, -0.15) is 0 Å². The van der Waals surface area contributed by atoms with Gasteiger partial charge < -0.3 is 10.5 Å². The van der Waals surface area contributed by atoms with E-state index in [4.69, 9.17) is 10.5 Å². The lowest BCUT2D eigenvalue weighted by Crippen LogP contribution is -2.26. The summed E-state index contributed by atoms with van der Waals surface area (Å²) in [6.45, 7) is 3.46. The molecule has 5 nitrogen and oxygen atoms in total. The number of nitrogens with one attached hydrogen (secondary N) is 1. The van der Waals surface area contributed by atoms with Gasteiger partial charge in [-0.3, -0.25) is 0 Å². The van der Waals surface area contributed by atoms with Crippen LogP contribution in [0.4, 0.5) is 0 Å². The molecule has 0 saturated heterocycles. The van der Waals surface area contributed by atoms with Gasteiger partial charge in [0.25, 0.3) is 0 Å². The first-order chi connectivity index (χ1) is 8.60. The summed E-state index contributed by atoms with van der Waals surface area (Å²) in [5, 5.41) is 0. The topological polar surface area (TPSA) is 81.4 Å². The maximum absolute atomic E-state index is 11.8. The number of hydrogen-bond donors (Lipinski definition) is 2. The van der Waals surface area contributed by atoms with E-state index in [2.05, 4.69) is 4.72 Å². The molecular formula is C12H20N2O3S. The molecule has 0 aliphatic heterocycles. The Morgan fingerprint density at radius 3 is 2.50 bits per heavy atom. The summed E-state index contributed by atoms with van der Waals surface area (Å²) >= 11 is 0. The molecule has 0 aliphatic carbocycles. The van der Waals surface area contributed by atoms with E-state index >= 15 is 0 Å². The molecule has 0 bridgehead atoms. The SMILES string of the molecule is CCCOc1ccc(S(=O)(=O)NCCCN)cc1. The van der Waals surface area contributed by atoms with Crippen molar-refractivity contribution >= 4 is 10.0 Å². The van der Waals surface area contributed by atoms with Crippen molar-refractivity contribution in [3.05, 3.63) is 24.3 Å². The molecule has 0 radical (unpaired) electrons. The van der Waals surface area contributed by atoms with Gasteiger partial charge in [-0.25, -0.2) is 13.1 Å². The van der Waals surface area contributed by atoms with Gasteiger partial charge >= 0.3 is 0 Å². The third-order valence-electron chi connectivity index (χ3n) is 2.28. The number of sulfonamides is 1. The molecule has 3 N–H and O–H groups in total. The Bertz CT molecular complexity index is 443. The van der Waals surface area contributed by atoms with Crippen molar-refractivity contribution in [3.63, 3.8) is 0 Å². The molecule has 1 aromatic rings. The first kappa shape index (κ1) is 14.9. The molecule has 0 unspecified atom stereocenters. The van der Waals surface area contributed by atoms with E-state index in [1.54, 1.807) is 12.1 Å². The van der Waals surface area contributed by atoms with Crippen LogP contribution in [0.25, 0.3) is 0 Å². The van der Waals surface area contributed by atoms with Crippen molar-refractivity contribution in [3.8, 4) is 5.75 Å². The van der Waals surface area contributed by atoms with E-state index < -0.39 is 10.0 Å². The van der Waals surface area contributed by atoms with Gasteiger partial charge in [0.2, 0.25) is 10.0 Å². The van der Waals surface area contributed by atoms with E-state index in [0.29, 0.717) is 31.9 Å². The van der Waals surface area contributed by atoms with Crippen molar-refractivity contribution in [1.82, 2.24) is 4.72 Å². The first-order valence-electron chi connectivity index (χ1n) is 6.02. The van der Waals surface area contributed by atoms with Crippen molar-refractivity contribution in [2.75, 3.05) is 19.7 Å². The van der Waals surface area contributed by atoms with Crippen LogP contribution in [0.3, 0.4) is 0 Å². The maximum atomic E-state index is 11.8. The number of rotatable bonds is 8. The van der Waals surface area contributed by atoms with Crippen LogP contribution in [0.2, 0.25) is 0 Å². The Kier molecular flexibility index (Phi) is 6.11. The van der Waals surface area contributed by atoms with Crippen LogP contribution in [0.1, 0.15) is 19.8 Å². The zero-order valence-corrected chi connectivity index (χ0v) is 11.4. The van der Waals surface area contributed by atoms with Crippen LogP contribution in [0.15, 0.2) is 29.2 Å². The van der Waals surface area contributed by atoms with Gasteiger partial charge in [-0.1, -0.05) is 6.92 Å². The number of hydrogen-bond acceptors (Lipinski definition) is 4. The largest absolute Gasteiger partial charge is 0.494 e. The van der Waals surface area contributed by atoms with Crippen LogP contribution < -0.4 is 15.2 Å². The maximum Gasteiger partial charge on any atom is 0.240 e. The van der Waals surface area contributed by atoms with E-state index in [1.807, 2.05) is 6.92 Å². The zero-order valence-electron chi connectivity index (χ0n) is 10.6. The minimum absolute atomic E-state index is 0.239. The normalized spacial score (nSPS) is 11.4. The third kappa shape index (κ3) is 4.64. The Morgan fingerprint density at radius 1 is 1.28 bits per heavy atom. The van der Waals surface area contributed by atoms with Crippen molar-refractivity contribution in [1.29, 1.82) is 0 Å². The fraction of sp³-hybridized carbons (Fsp3) is 0.500. The van der Waals surface area contributed by atoms with Gasteiger partial charge in [-0.05, 0) is 43.7 Å². The highest BCUT2D eigenvalue weighted by atomic mass is 32.2. The minimum atomic E-state index is -3.43. The fourth-order valence-corrected chi connectivity index (χ4v) is 2.40. The lowest BCUT2D eigenvalue weighted by molar-refractivity contribution is 0.317. The number of nitrogens with two attached hydrogens (primary N) is 1. The summed E-state index contributed by atoms with van der Waals surface area (Å²) in [6.07, 6.45) is 1.54. The molecule has 0 amide bonds. The third-order valence-corrected chi connectivity index (χ3v) is 3.76. The molecule has 0 atom stereocenters. The lowest BCUT2D eigenvalue weighted by atomic mass is 10.3. The summed E-state index contributed by atoms with van der Waals surface area (Å²) < 4.78 is 31.6. The van der Waals surface area contributed by atoms with Gasteiger partial charge in [0.05, 0.1) is 11.5 Å². The van der Waals surface area contributed by atoms with E-state index in [-0.39, 0.29) is 4.90 Å². The van der Waals surface area contributed by atoms with Crippen LogP contribution in [0, 0.1) is 0 Å². The molecule has 6 heteroatoms. The Labute approximate surface area is 108 Å². The molecule has 1 aromatic carbocycles. The fourth-order valence-electron chi connectivity index (χ4n) is 1.33. The van der Waals surface area contributed by atoms with Crippen molar-refractivity contribution in [2.24, 2.45) is 5.73 Å². The smallest absolute Gasteiger partial charge is 0.240 e. The van der Waals surface area contributed by atoms with Crippen LogP contribution in [-0.2, 0) is 10.0 Å². The number of benzene rings is 1. The van der Waals surface area contributed by atoms with Gasteiger partial charge in [-0.15, -0.1) is 0 Å². The second-order valence-electron chi connectivity index (χ2n) is 3.86. The highest BCUT2D eigenvalue weighted by molar-refractivity contribution is 7.89. The zero-order chi connectivity index (χ0) is 13.4. The van der Waals surface area contributed by atoms with E-state index in [9.17, 15) is 8.42 Å².